The second kappa shape index (κ2) is 7.70. The molecule has 1 heterocycles. The van der Waals surface area contributed by atoms with Gasteiger partial charge < -0.3 is 5.32 Å². The number of tetrazole rings is 1. The predicted octanol–water partition coefficient (Wildman–Crippen LogP) is 2.28. The van der Waals surface area contributed by atoms with Crippen LogP contribution in [0.5, 0.6) is 0 Å². The number of amides is 1. The van der Waals surface area contributed by atoms with E-state index in [-0.39, 0.29) is 11.9 Å². The monoisotopic (exact) mass is 319 g/mol. The van der Waals surface area contributed by atoms with E-state index in [2.05, 4.69) is 20.8 Å². The number of halogens is 1. The van der Waals surface area contributed by atoms with Crippen molar-refractivity contribution in [2.24, 2.45) is 0 Å². The molecule has 7 heteroatoms. The molecule has 22 heavy (non-hydrogen) atoms. The Hall–Kier alpha value is -2.21. The Morgan fingerprint density at radius 3 is 2.77 bits per heavy atom. The van der Waals surface area contributed by atoms with E-state index >= 15 is 0 Å². The smallest absolute Gasteiger partial charge is 0.244 e. The summed E-state index contributed by atoms with van der Waals surface area (Å²) < 4.78 is 1.75. The first-order valence-corrected chi connectivity index (χ1v) is 7.42. The van der Waals surface area contributed by atoms with Gasteiger partial charge in [0.05, 0.1) is 6.04 Å². The number of aromatic nitrogens is 4. The lowest BCUT2D eigenvalue weighted by Crippen LogP contribution is -2.25. The van der Waals surface area contributed by atoms with Gasteiger partial charge in [0.1, 0.15) is 0 Å². The first kappa shape index (κ1) is 16.2. The molecular weight excluding hydrogens is 302 g/mol. The molecule has 1 aromatic heterocycles. The van der Waals surface area contributed by atoms with E-state index in [1.807, 2.05) is 26.0 Å². The molecule has 0 atom stereocenters. The van der Waals surface area contributed by atoms with Crippen LogP contribution in [0, 0.1) is 0 Å². The van der Waals surface area contributed by atoms with Crippen molar-refractivity contribution in [3.8, 4) is 0 Å². The molecule has 0 bridgehead atoms. The van der Waals surface area contributed by atoms with Gasteiger partial charge in [0.15, 0.2) is 5.82 Å². The van der Waals surface area contributed by atoms with Crippen LogP contribution in [0.3, 0.4) is 0 Å². The van der Waals surface area contributed by atoms with Gasteiger partial charge in [-0.15, -0.1) is 5.10 Å². The molecule has 2 rings (SSSR count). The number of hydrogen-bond acceptors (Lipinski definition) is 4. The molecule has 0 unspecified atom stereocenters. The first-order valence-electron chi connectivity index (χ1n) is 7.04. The van der Waals surface area contributed by atoms with Gasteiger partial charge in [-0.1, -0.05) is 23.7 Å². The molecule has 0 spiro atoms. The molecule has 0 saturated carbocycles. The summed E-state index contributed by atoms with van der Waals surface area (Å²) in [6, 6.07) is 7.46. The van der Waals surface area contributed by atoms with Gasteiger partial charge in [0.2, 0.25) is 5.91 Å². The quantitative estimate of drug-likeness (QED) is 0.829. The minimum atomic E-state index is -0.154. The summed E-state index contributed by atoms with van der Waals surface area (Å²) in [5.74, 6) is 0.607. The second-order valence-electron chi connectivity index (χ2n) is 5.06. The highest BCUT2D eigenvalue weighted by atomic mass is 35.5. The first-order chi connectivity index (χ1) is 10.6. The number of carbonyl (C=O) groups is 1. The van der Waals surface area contributed by atoms with Crippen molar-refractivity contribution in [2.75, 3.05) is 6.54 Å². The summed E-state index contributed by atoms with van der Waals surface area (Å²) in [4.78, 5) is 11.7. The highest BCUT2D eigenvalue weighted by molar-refractivity contribution is 6.30. The van der Waals surface area contributed by atoms with E-state index in [9.17, 15) is 4.79 Å². The Morgan fingerprint density at radius 1 is 1.36 bits per heavy atom. The Balaban J connectivity index is 1.80. The van der Waals surface area contributed by atoms with Crippen LogP contribution >= 0.6 is 11.6 Å². The van der Waals surface area contributed by atoms with Crippen molar-refractivity contribution in [1.29, 1.82) is 0 Å². The highest BCUT2D eigenvalue weighted by Gasteiger charge is 2.08. The van der Waals surface area contributed by atoms with Gasteiger partial charge in [-0.3, -0.25) is 4.79 Å². The van der Waals surface area contributed by atoms with Crippen LogP contribution in [0.1, 0.15) is 31.3 Å². The lowest BCUT2D eigenvalue weighted by molar-refractivity contribution is -0.116. The van der Waals surface area contributed by atoms with Crippen LogP contribution in [0.15, 0.2) is 30.3 Å². The zero-order valence-corrected chi connectivity index (χ0v) is 13.3. The fourth-order valence-electron chi connectivity index (χ4n) is 1.88. The normalized spacial score (nSPS) is 11.3. The molecule has 0 aliphatic carbocycles. The minimum absolute atomic E-state index is 0.154. The third kappa shape index (κ3) is 4.66. The van der Waals surface area contributed by atoms with Crippen molar-refractivity contribution in [3.63, 3.8) is 0 Å². The van der Waals surface area contributed by atoms with E-state index in [0.717, 1.165) is 11.4 Å². The number of carbonyl (C=O) groups excluding carboxylic acids is 1. The number of benzene rings is 1. The number of nitrogens with zero attached hydrogens (tertiary/aromatic N) is 4. The maximum atomic E-state index is 11.7. The average Bonchev–Trinajstić information content (AvgIpc) is 2.95. The topological polar surface area (TPSA) is 72.7 Å². The Kier molecular flexibility index (Phi) is 5.66. The number of hydrogen-bond donors (Lipinski definition) is 1. The molecule has 116 valence electrons. The van der Waals surface area contributed by atoms with E-state index in [4.69, 9.17) is 11.6 Å². The molecule has 1 N–H and O–H groups in total. The van der Waals surface area contributed by atoms with Crippen molar-refractivity contribution in [2.45, 2.75) is 26.3 Å². The van der Waals surface area contributed by atoms with Gasteiger partial charge in [0, 0.05) is 24.1 Å². The van der Waals surface area contributed by atoms with Crippen molar-refractivity contribution >= 4 is 23.6 Å². The van der Waals surface area contributed by atoms with Gasteiger partial charge in [-0.05, 0) is 48.0 Å². The molecule has 2 aromatic rings. The van der Waals surface area contributed by atoms with Gasteiger partial charge in [-0.25, -0.2) is 4.68 Å². The SMILES string of the molecule is CC(C)n1nnnc1CCNC(=O)/C=C/c1ccc(Cl)cc1. The Bertz CT molecular complexity index is 648. The average molecular weight is 320 g/mol. The van der Waals surface area contributed by atoms with Crippen molar-refractivity contribution in [3.05, 3.63) is 46.8 Å². The molecule has 0 aliphatic heterocycles. The van der Waals surface area contributed by atoms with Gasteiger partial charge in [-0.2, -0.15) is 0 Å². The summed E-state index contributed by atoms with van der Waals surface area (Å²) in [7, 11) is 0. The van der Waals surface area contributed by atoms with Crippen LogP contribution < -0.4 is 5.32 Å². The maximum Gasteiger partial charge on any atom is 0.244 e. The summed E-state index contributed by atoms with van der Waals surface area (Å²) >= 11 is 5.81. The van der Waals surface area contributed by atoms with E-state index in [1.165, 1.54) is 6.08 Å². The summed E-state index contributed by atoms with van der Waals surface area (Å²) in [5, 5.41) is 15.0. The molecule has 0 radical (unpaired) electrons. The molecule has 0 fully saturated rings. The summed E-state index contributed by atoms with van der Waals surface area (Å²) in [5.41, 5.74) is 0.920. The molecule has 0 aliphatic rings. The van der Waals surface area contributed by atoms with Crippen LogP contribution in [0.4, 0.5) is 0 Å². The molecule has 1 aromatic carbocycles. The largest absolute Gasteiger partial charge is 0.352 e. The van der Waals surface area contributed by atoms with Crippen molar-refractivity contribution in [1.82, 2.24) is 25.5 Å². The van der Waals surface area contributed by atoms with Gasteiger partial charge >= 0.3 is 0 Å². The summed E-state index contributed by atoms with van der Waals surface area (Å²) in [6.45, 7) is 4.50. The lowest BCUT2D eigenvalue weighted by atomic mass is 10.2. The van der Waals surface area contributed by atoms with Crippen LogP contribution in [-0.4, -0.2) is 32.7 Å². The van der Waals surface area contributed by atoms with E-state index in [0.29, 0.717) is 18.0 Å². The zero-order chi connectivity index (χ0) is 15.9. The third-order valence-electron chi connectivity index (χ3n) is 3.00. The maximum absolute atomic E-state index is 11.7. The van der Waals surface area contributed by atoms with Crippen molar-refractivity contribution < 1.29 is 4.79 Å². The van der Waals surface area contributed by atoms with Crippen LogP contribution in [-0.2, 0) is 11.2 Å². The predicted molar refractivity (Wildman–Crippen MR) is 85.4 cm³/mol. The molecule has 0 saturated heterocycles. The molecular formula is C15H18ClN5O. The fourth-order valence-corrected chi connectivity index (χ4v) is 2.01. The number of rotatable bonds is 6. The Morgan fingerprint density at radius 2 is 2.09 bits per heavy atom. The molecule has 6 nitrogen and oxygen atoms in total. The minimum Gasteiger partial charge on any atom is -0.352 e. The second-order valence-corrected chi connectivity index (χ2v) is 5.50. The number of nitrogens with one attached hydrogen (secondary N) is 1. The lowest BCUT2D eigenvalue weighted by Gasteiger charge is -2.07. The van der Waals surface area contributed by atoms with E-state index < -0.39 is 0 Å². The third-order valence-corrected chi connectivity index (χ3v) is 3.25. The molecule has 1 amide bonds. The summed E-state index contributed by atoms with van der Waals surface area (Å²) in [6.07, 6.45) is 3.82. The zero-order valence-electron chi connectivity index (χ0n) is 12.5. The Labute approximate surface area is 134 Å². The van der Waals surface area contributed by atoms with E-state index in [1.54, 1.807) is 22.9 Å². The van der Waals surface area contributed by atoms with Gasteiger partial charge in [0.25, 0.3) is 0 Å². The standard InChI is InChI=1S/C15H18ClN5O/c1-11(2)21-14(18-19-20-21)9-10-17-15(22)8-5-12-3-6-13(16)7-4-12/h3-8,11H,9-10H2,1-2H3,(H,17,22)/b8-5+. The van der Waals surface area contributed by atoms with Crippen LogP contribution in [0.25, 0.3) is 6.08 Å². The highest BCUT2D eigenvalue weighted by Crippen LogP contribution is 2.10. The van der Waals surface area contributed by atoms with Crippen LogP contribution in [0.2, 0.25) is 5.02 Å². The fraction of sp³-hybridized carbons (Fsp3) is 0.333.